The maximum absolute atomic E-state index is 11.9. The van der Waals surface area contributed by atoms with Crippen LogP contribution < -0.4 is 5.32 Å². The Bertz CT molecular complexity index is 588. The van der Waals surface area contributed by atoms with Gasteiger partial charge < -0.3 is 25.7 Å². The third-order valence-electron chi connectivity index (χ3n) is 5.55. The first kappa shape index (κ1) is 32.2. The van der Waals surface area contributed by atoms with E-state index in [9.17, 15) is 33.6 Å². The lowest BCUT2D eigenvalue weighted by Crippen LogP contribution is -2.52. The molecule has 4 atom stereocenters. The summed E-state index contributed by atoms with van der Waals surface area (Å²) in [6.07, 6.45) is 8.79. The predicted molar refractivity (Wildman–Crippen MR) is 125 cm³/mol. The van der Waals surface area contributed by atoms with E-state index in [1.54, 1.807) is 0 Å². The number of unbranched alkanes of at least 4 members (excludes halogenated alkanes) is 13. The molecule has 6 N–H and O–H groups in total. The minimum Gasteiger partial charge on any atom is -0.388 e. The van der Waals surface area contributed by atoms with Crippen molar-refractivity contribution in [1.82, 2.24) is 5.32 Å². The Labute approximate surface area is 198 Å². The number of hydrogen-bond acceptors (Lipinski definition) is 8. The molecule has 10 nitrogen and oxygen atoms in total. The molecule has 0 aliphatic carbocycles. The Balaban J connectivity index is 3.73. The highest BCUT2D eigenvalue weighted by Gasteiger charge is 2.34. The van der Waals surface area contributed by atoms with E-state index < -0.39 is 47.3 Å². The van der Waals surface area contributed by atoms with Crippen molar-refractivity contribution in [2.24, 2.45) is 0 Å². The van der Waals surface area contributed by atoms with Gasteiger partial charge in [0.1, 0.15) is 18.3 Å². The zero-order valence-corrected chi connectivity index (χ0v) is 20.7. The van der Waals surface area contributed by atoms with Crippen LogP contribution in [0.2, 0.25) is 0 Å². The van der Waals surface area contributed by atoms with Crippen molar-refractivity contribution in [3.8, 4) is 0 Å². The minimum atomic E-state index is -4.84. The molecule has 0 radical (unpaired) electrons. The fraction of sp³-hybridized carbons (Fsp3) is 0.955. The highest BCUT2D eigenvalue weighted by Crippen LogP contribution is 2.13. The summed E-state index contributed by atoms with van der Waals surface area (Å²) in [5.74, 6) is -0.917. The number of carbonyl (C=O) groups is 1. The zero-order valence-electron chi connectivity index (χ0n) is 19.9. The average molecular weight is 500 g/mol. The summed E-state index contributed by atoms with van der Waals surface area (Å²) < 4.78 is 33.2. The van der Waals surface area contributed by atoms with Crippen LogP contribution in [-0.2, 0) is 19.4 Å². The Morgan fingerprint density at radius 1 is 0.758 bits per heavy atom. The molecule has 0 fully saturated rings. The maximum atomic E-state index is 11.9. The lowest BCUT2D eigenvalue weighted by Gasteiger charge is -2.25. The van der Waals surface area contributed by atoms with Gasteiger partial charge in [-0.15, -0.1) is 0 Å². The largest absolute Gasteiger partial charge is 0.397 e. The van der Waals surface area contributed by atoms with Gasteiger partial charge in [0, 0.05) is 6.54 Å². The van der Waals surface area contributed by atoms with Crippen LogP contribution in [0.1, 0.15) is 96.8 Å². The van der Waals surface area contributed by atoms with Crippen LogP contribution in [0.4, 0.5) is 0 Å². The number of aliphatic hydroxyl groups excluding tert-OH is 4. The molecule has 0 aromatic carbocycles. The molecular formula is C22H45NO9S. The number of amides is 1. The van der Waals surface area contributed by atoms with E-state index in [0.29, 0.717) is 13.0 Å². The topological polar surface area (TPSA) is 174 Å². The molecule has 0 aliphatic rings. The third-order valence-corrected chi connectivity index (χ3v) is 5.99. The molecule has 0 saturated carbocycles. The van der Waals surface area contributed by atoms with Gasteiger partial charge in [-0.05, 0) is 6.42 Å². The summed E-state index contributed by atoms with van der Waals surface area (Å²) in [5.41, 5.74) is 0. The van der Waals surface area contributed by atoms with E-state index in [2.05, 4.69) is 16.4 Å². The van der Waals surface area contributed by atoms with Gasteiger partial charge in [-0.1, -0.05) is 90.4 Å². The van der Waals surface area contributed by atoms with Gasteiger partial charge in [0.05, 0.1) is 6.61 Å². The summed E-state index contributed by atoms with van der Waals surface area (Å²) in [7, 11) is -4.84. The second-order valence-electron chi connectivity index (χ2n) is 8.59. The van der Waals surface area contributed by atoms with Gasteiger partial charge in [0.15, 0.2) is 6.10 Å². The lowest BCUT2D eigenvalue weighted by molar-refractivity contribution is -0.148. The monoisotopic (exact) mass is 499 g/mol. The van der Waals surface area contributed by atoms with E-state index in [1.165, 1.54) is 64.2 Å². The molecule has 0 aliphatic heterocycles. The molecule has 0 aromatic rings. The van der Waals surface area contributed by atoms with E-state index >= 15 is 0 Å². The Morgan fingerprint density at radius 2 is 1.18 bits per heavy atom. The first-order valence-corrected chi connectivity index (χ1v) is 13.6. The van der Waals surface area contributed by atoms with Gasteiger partial charge >= 0.3 is 10.4 Å². The van der Waals surface area contributed by atoms with Gasteiger partial charge in [-0.3, -0.25) is 9.35 Å². The van der Waals surface area contributed by atoms with Gasteiger partial charge in [-0.2, -0.15) is 8.42 Å². The lowest BCUT2D eigenvalue weighted by atomic mass is 10.0. The molecule has 33 heavy (non-hydrogen) atoms. The molecule has 0 aromatic heterocycles. The fourth-order valence-corrected chi connectivity index (χ4v) is 3.77. The van der Waals surface area contributed by atoms with Crippen LogP contribution in [0.5, 0.6) is 0 Å². The van der Waals surface area contributed by atoms with Crippen LogP contribution in [0.15, 0.2) is 0 Å². The quantitative estimate of drug-likeness (QED) is 0.0959. The predicted octanol–water partition coefficient (Wildman–Crippen LogP) is 1.85. The van der Waals surface area contributed by atoms with Crippen molar-refractivity contribution >= 4 is 16.3 Å². The third kappa shape index (κ3) is 18.2. The molecule has 0 bridgehead atoms. The van der Waals surface area contributed by atoms with Crippen molar-refractivity contribution in [2.45, 2.75) is 121 Å². The molecule has 1 amide bonds. The summed E-state index contributed by atoms with van der Waals surface area (Å²) in [6, 6.07) is 0. The van der Waals surface area contributed by atoms with Crippen LogP contribution in [-0.4, -0.2) is 76.9 Å². The molecule has 0 unspecified atom stereocenters. The van der Waals surface area contributed by atoms with Gasteiger partial charge in [-0.25, -0.2) is 4.18 Å². The first-order valence-electron chi connectivity index (χ1n) is 12.2. The van der Waals surface area contributed by atoms with Crippen molar-refractivity contribution in [2.75, 3.05) is 13.2 Å². The van der Waals surface area contributed by atoms with E-state index in [4.69, 9.17) is 4.55 Å². The fourth-order valence-electron chi connectivity index (χ4n) is 3.46. The minimum absolute atomic E-state index is 0.297. The van der Waals surface area contributed by atoms with Gasteiger partial charge in [0.2, 0.25) is 0 Å². The second-order valence-corrected chi connectivity index (χ2v) is 9.68. The molecule has 0 spiro atoms. The summed E-state index contributed by atoms with van der Waals surface area (Å²) in [5, 5.41) is 41.3. The normalized spacial score (nSPS) is 15.7. The Hall–Kier alpha value is -0.820. The smallest absolute Gasteiger partial charge is 0.388 e. The number of hydrogen-bond donors (Lipinski definition) is 6. The van der Waals surface area contributed by atoms with Crippen LogP contribution in [0.25, 0.3) is 0 Å². The SMILES string of the molecule is CCCCCCCCCCCCCCCCNC(=O)[C@H](O)[C@@H](O)[C@H](O)[C@H](O)COS(=O)(=O)O. The molecular weight excluding hydrogens is 454 g/mol. The highest BCUT2D eigenvalue weighted by molar-refractivity contribution is 7.80. The highest BCUT2D eigenvalue weighted by atomic mass is 32.3. The van der Waals surface area contributed by atoms with E-state index in [-0.39, 0.29) is 0 Å². The molecule has 0 saturated heterocycles. The van der Waals surface area contributed by atoms with Crippen molar-refractivity contribution in [3.63, 3.8) is 0 Å². The standard InChI is InChI=1S/C22H45NO9S/c1-2-3-4-5-6-7-8-9-10-11-12-13-14-15-16-23-22(28)21(27)20(26)19(25)18(24)17-32-33(29,30)31/h18-21,24-27H,2-17H2,1H3,(H,23,28)(H,29,30,31)/t18-,19-,20+,21-/m1/s1. The number of rotatable bonds is 22. The molecule has 11 heteroatoms. The molecule has 198 valence electrons. The molecule has 0 rings (SSSR count). The van der Waals surface area contributed by atoms with E-state index in [0.717, 1.165) is 19.3 Å². The van der Waals surface area contributed by atoms with Gasteiger partial charge in [0.25, 0.3) is 5.91 Å². The Kier molecular flexibility index (Phi) is 19.0. The maximum Gasteiger partial charge on any atom is 0.397 e. The number of nitrogens with one attached hydrogen (secondary N) is 1. The van der Waals surface area contributed by atoms with Crippen LogP contribution in [0.3, 0.4) is 0 Å². The van der Waals surface area contributed by atoms with Crippen LogP contribution in [0, 0.1) is 0 Å². The number of aliphatic hydroxyl groups is 4. The van der Waals surface area contributed by atoms with Crippen molar-refractivity contribution in [3.05, 3.63) is 0 Å². The van der Waals surface area contributed by atoms with Crippen molar-refractivity contribution < 1.29 is 42.4 Å². The number of carbonyl (C=O) groups excluding carboxylic acids is 1. The zero-order chi connectivity index (χ0) is 25.1. The molecule has 0 heterocycles. The summed E-state index contributed by atoms with van der Waals surface area (Å²) in [4.78, 5) is 11.9. The Morgan fingerprint density at radius 3 is 1.61 bits per heavy atom. The first-order chi connectivity index (χ1) is 15.6. The summed E-state index contributed by atoms with van der Waals surface area (Å²) >= 11 is 0. The second kappa shape index (κ2) is 19.5. The van der Waals surface area contributed by atoms with Crippen LogP contribution >= 0.6 is 0 Å². The summed E-state index contributed by atoms with van der Waals surface area (Å²) in [6.45, 7) is 1.47. The van der Waals surface area contributed by atoms with Crippen molar-refractivity contribution in [1.29, 1.82) is 0 Å². The average Bonchev–Trinajstić information content (AvgIpc) is 2.77. The van der Waals surface area contributed by atoms with E-state index in [1.807, 2.05) is 0 Å².